The minimum absolute atomic E-state index is 0.127. The number of likely N-dealkylation sites (tertiary alicyclic amines) is 1. The maximum absolute atomic E-state index is 13.2. The van der Waals surface area contributed by atoms with Crippen molar-refractivity contribution in [3.05, 3.63) is 60.0 Å². The van der Waals surface area contributed by atoms with E-state index in [-0.39, 0.29) is 17.9 Å². The zero-order valence-corrected chi connectivity index (χ0v) is 19.6. The number of nitrogens with one attached hydrogen (secondary N) is 3. The van der Waals surface area contributed by atoms with Crippen molar-refractivity contribution in [3.8, 4) is 0 Å². The number of anilines is 1. The molecule has 1 aliphatic carbocycles. The third-order valence-corrected chi connectivity index (χ3v) is 7.56. The van der Waals surface area contributed by atoms with Crippen LogP contribution in [0.5, 0.6) is 0 Å². The summed E-state index contributed by atoms with van der Waals surface area (Å²) in [5, 5.41) is 14.2. The van der Waals surface area contributed by atoms with Gasteiger partial charge in [-0.05, 0) is 92.9 Å². The number of hydrogen-bond donors (Lipinski definition) is 3. The lowest BCUT2D eigenvalue weighted by atomic mass is 9.83. The van der Waals surface area contributed by atoms with Gasteiger partial charge >= 0.3 is 6.03 Å². The smallest absolute Gasteiger partial charge is 0.319 e. The SMILES string of the molecule is O=C(Nc1ccc2[nH]ncc2c1)NC1CCCCC1CN1CCC(Cc2ccc(F)cc2)CC1. The zero-order valence-electron chi connectivity index (χ0n) is 19.6. The van der Waals surface area contributed by atoms with Gasteiger partial charge in [-0.1, -0.05) is 25.0 Å². The number of piperidine rings is 1. The van der Waals surface area contributed by atoms with Gasteiger partial charge in [-0.25, -0.2) is 9.18 Å². The van der Waals surface area contributed by atoms with E-state index in [0.29, 0.717) is 11.8 Å². The quantitative estimate of drug-likeness (QED) is 0.462. The van der Waals surface area contributed by atoms with E-state index in [9.17, 15) is 9.18 Å². The number of carbonyl (C=O) groups excluding carboxylic acids is 1. The molecule has 2 aromatic carbocycles. The lowest BCUT2D eigenvalue weighted by Crippen LogP contribution is -2.48. The van der Waals surface area contributed by atoms with Crippen LogP contribution in [0.15, 0.2) is 48.7 Å². The summed E-state index contributed by atoms with van der Waals surface area (Å²) in [5.41, 5.74) is 2.97. The second-order valence-corrected chi connectivity index (χ2v) is 10.00. The molecule has 5 rings (SSSR count). The van der Waals surface area contributed by atoms with Gasteiger partial charge in [-0.3, -0.25) is 5.10 Å². The van der Waals surface area contributed by atoms with Gasteiger partial charge in [-0.2, -0.15) is 5.10 Å². The molecule has 2 heterocycles. The Hall–Kier alpha value is -2.93. The highest BCUT2D eigenvalue weighted by Gasteiger charge is 2.29. The normalized spacial score (nSPS) is 22.0. The first-order valence-electron chi connectivity index (χ1n) is 12.6. The van der Waals surface area contributed by atoms with Crippen molar-refractivity contribution in [2.75, 3.05) is 25.0 Å². The second-order valence-electron chi connectivity index (χ2n) is 10.00. The highest BCUT2D eigenvalue weighted by atomic mass is 19.1. The third kappa shape index (κ3) is 5.76. The largest absolute Gasteiger partial charge is 0.335 e. The van der Waals surface area contributed by atoms with Gasteiger partial charge in [0.2, 0.25) is 0 Å². The van der Waals surface area contributed by atoms with Crippen molar-refractivity contribution in [3.63, 3.8) is 0 Å². The molecule has 1 saturated heterocycles. The van der Waals surface area contributed by atoms with Gasteiger partial charge in [0, 0.05) is 23.7 Å². The van der Waals surface area contributed by atoms with Crippen LogP contribution in [0.2, 0.25) is 0 Å². The Morgan fingerprint density at radius 2 is 1.85 bits per heavy atom. The van der Waals surface area contributed by atoms with Crippen LogP contribution < -0.4 is 10.6 Å². The number of aromatic amines is 1. The molecule has 2 atom stereocenters. The molecule has 34 heavy (non-hydrogen) atoms. The maximum Gasteiger partial charge on any atom is 0.319 e. The van der Waals surface area contributed by atoms with Crippen LogP contribution in [0.4, 0.5) is 14.9 Å². The molecule has 2 unspecified atom stereocenters. The Kier molecular flexibility index (Phi) is 7.09. The number of nitrogens with zero attached hydrogens (tertiary/aromatic N) is 2. The van der Waals surface area contributed by atoms with Gasteiger partial charge in [0.05, 0.1) is 11.7 Å². The predicted molar refractivity (Wildman–Crippen MR) is 133 cm³/mol. The molecular formula is C27H34FN5O. The van der Waals surface area contributed by atoms with E-state index in [0.717, 1.165) is 49.1 Å². The number of H-pyrrole nitrogens is 1. The molecule has 0 radical (unpaired) electrons. The van der Waals surface area contributed by atoms with Gasteiger partial charge in [-0.15, -0.1) is 0 Å². The summed E-state index contributed by atoms with van der Waals surface area (Å²) in [6.45, 7) is 3.26. The summed E-state index contributed by atoms with van der Waals surface area (Å²) >= 11 is 0. The van der Waals surface area contributed by atoms with E-state index >= 15 is 0 Å². The average Bonchev–Trinajstić information content (AvgIpc) is 3.31. The van der Waals surface area contributed by atoms with E-state index in [4.69, 9.17) is 0 Å². The van der Waals surface area contributed by atoms with Crippen molar-refractivity contribution < 1.29 is 9.18 Å². The minimum atomic E-state index is -0.165. The molecule has 0 spiro atoms. The Bertz CT molecular complexity index is 1090. The lowest BCUT2D eigenvalue weighted by Gasteiger charge is -2.39. The summed E-state index contributed by atoms with van der Waals surface area (Å²) in [6.07, 6.45) is 9.77. The Labute approximate surface area is 200 Å². The molecule has 6 nitrogen and oxygen atoms in total. The molecule has 2 aliphatic rings. The number of aromatic nitrogens is 2. The lowest BCUT2D eigenvalue weighted by molar-refractivity contribution is 0.130. The summed E-state index contributed by atoms with van der Waals surface area (Å²) in [6, 6.07) is 12.8. The van der Waals surface area contributed by atoms with Crippen molar-refractivity contribution in [1.82, 2.24) is 20.4 Å². The van der Waals surface area contributed by atoms with Crippen LogP contribution in [-0.4, -0.2) is 46.8 Å². The molecule has 2 amide bonds. The van der Waals surface area contributed by atoms with Gasteiger partial charge in [0.25, 0.3) is 0 Å². The van der Waals surface area contributed by atoms with Crippen molar-refractivity contribution >= 4 is 22.6 Å². The van der Waals surface area contributed by atoms with E-state index < -0.39 is 0 Å². The molecule has 3 N–H and O–H groups in total. The predicted octanol–water partition coefficient (Wildman–Crippen LogP) is 5.34. The first-order valence-corrected chi connectivity index (χ1v) is 12.6. The molecule has 180 valence electrons. The number of urea groups is 1. The Balaban J connectivity index is 1.10. The summed E-state index contributed by atoms with van der Waals surface area (Å²) < 4.78 is 13.2. The van der Waals surface area contributed by atoms with Crippen LogP contribution >= 0.6 is 0 Å². The maximum atomic E-state index is 13.2. The number of benzene rings is 2. The average molecular weight is 464 g/mol. The number of hydrogen-bond acceptors (Lipinski definition) is 3. The molecule has 2 fully saturated rings. The van der Waals surface area contributed by atoms with E-state index in [1.165, 1.54) is 37.7 Å². The first kappa shape index (κ1) is 22.8. The number of carbonyl (C=O) groups is 1. The third-order valence-electron chi connectivity index (χ3n) is 7.56. The molecule has 7 heteroatoms. The van der Waals surface area contributed by atoms with E-state index in [2.05, 4.69) is 25.7 Å². The fourth-order valence-corrected chi connectivity index (χ4v) is 5.63. The molecule has 1 aliphatic heterocycles. The van der Waals surface area contributed by atoms with E-state index in [1.54, 1.807) is 18.3 Å². The van der Waals surface area contributed by atoms with Crippen molar-refractivity contribution in [1.29, 1.82) is 0 Å². The van der Waals surface area contributed by atoms with Crippen LogP contribution in [0.25, 0.3) is 10.9 Å². The summed E-state index contributed by atoms with van der Waals surface area (Å²) in [7, 11) is 0. The molecule has 0 bridgehead atoms. The zero-order chi connectivity index (χ0) is 23.3. The van der Waals surface area contributed by atoms with E-state index in [1.807, 2.05) is 30.3 Å². The first-order chi connectivity index (χ1) is 16.6. The number of halogens is 1. The van der Waals surface area contributed by atoms with Gasteiger partial charge < -0.3 is 15.5 Å². The number of amides is 2. The number of fused-ring (bicyclic) bond motifs is 1. The fraction of sp³-hybridized carbons (Fsp3) is 0.481. The summed E-state index contributed by atoms with van der Waals surface area (Å²) in [5.74, 6) is 0.992. The fourth-order valence-electron chi connectivity index (χ4n) is 5.63. The van der Waals surface area contributed by atoms with Crippen LogP contribution in [-0.2, 0) is 6.42 Å². The summed E-state index contributed by atoms with van der Waals surface area (Å²) in [4.78, 5) is 15.3. The monoisotopic (exact) mass is 463 g/mol. The number of rotatable bonds is 6. The van der Waals surface area contributed by atoms with Crippen LogP contribution in [0, 0.1) is 17.7 Å². The molecule has 1 saturated carbocycles. The Morgan fingerprint density at radius 1 is 1.06 bits per heavy atom. The van der Waals surface area contributed by atoms with Gasteiger partial charge in [0.15, 0.2) is 0 Å². The highest BCUT2D eigenvalue weighted by Crippen LogP contribution is 2.28. The standard InChI is InChI=1S/C27H34FN5O/c28-23-7-5-19(6-8-23)15-20-11-13-33(14-12-20)18-21-3-1-2-4-25(21)31-27(34)30-24-9-10-26-22(16-24)17-29-32-26/h5-10,16-17,20-21,25H,1-4,11-15,18H2,(H,29,32)(H2,30,31,34). The van der Waals surface area contributed by atoms with Gasteiger partial charge in [0.1, 0.15) is 5.82 Å². The minimum Gasteiger partial charge on any atom is -0.335 e. The molecular weight excluding hydrogens is 429 g/mol. The second kappa shape index (κ2) is 10.6. The van der Waals surface area contributed by atoms with Crippen LogP contribution in [0.1, 0.15) is 44.1 Å². The van der Waals surface area contributed by atoms with Crippen molar-refractivity contribution in [2.45, 2.75) is 51.0 Å². The van der Waals surface area contributed by atoms with Crippen molar-refractivity contribution in [2.24, 2.45) is 11.8 Å². The molecule has 3 aromatic rings. The van der Waals surface area contributed by atoms with Crippen LogP contribution in [0.3, 0.4) is 0 Å². The topological polar surface area (TPSA) is 73.0 Å². The Morgan fingerprint density at radius 3 is 2.68 bits per heavy atom. The highest BCUT2D eigenvalue weighted by molar-refractivity contribution is 5.92. The molecule has 1 aromatic heterocycles.